The molecule has 0 spiro atoms. The SMILES string of the molecule is Cc1cc(C)[c]([Mg][Cl])c(C)c1C. The van der Waals surface area contributed by atoms with Crippen molar-refractivity contribution in [2.24, 2.45) is 0 Å². The van der Waals surface area contributed by atoms with Crippen molar-refractivity contribution in [2.45, 2.75) is 27.7 Å². The highest BCUT2D eigenvalue weighted by Gasteiger charge is 2.07. The fourth-order valence-corrected chi connectivity index (χ4v) is 3.56. The van der Waals surface area contributed by atoms with Gasteiger partial charge in [-0.05, 0) is 38.8 Å². The molecule has 1 aromatic carbocycles. The van der Waals surface area contributed by atoms with Gasteiger partial charge < -0.3 is 9.07 Å². The zero-order valence-electron chi connectivity index (χ0n) is 8.16. The first kappa shape index (κ1) is 10.4. The quantitative estimate of drug-likeness (QED) is 0.600. The van der Waals surface area contributed by atoms with Gasteiger partial charge in [-0.25, -0.2) is 0 Å². The van der Waals surface area contributed by atoms with Gasteiger partial charge in [-0.3, -0.25) is 0 Å². The molecule has 1 rings (SSSR count). The third-order valence-electron chi connectivity index (χ3n) is 2.65. The highest BCUT2D eigenvalue weighted by atomic mass is 35.5. The van der Waals surface area contributed by atoms with Crippen LogP contribution in [0.15, 0.2) is 6.07 Å². The smallest absolute Gasteiger partial charge is 0.336 e. The molecule has 0 saturated carbocycles. The molecule has 0 saturated heterocycles. The van der Waals surface area contributed by atoms with E-state index in [1.54, 1.807) is 0 Å². The first-order chi connectivity index (χ1) is 5.57. The molecule has 0 aliphatic carbocycles. The summed E-state index contributed by atoms with van der Waals surface area (Å²) in [7, 11) is 6.00. The number of hydrogen-bond donors (Lipinski definition) is 0. The van der Waals surface area contributed by atoms with E-state index >= 15 is 0 Å². The second kappa shape index (κ2) is 3.99. The number of benzene rings is 1. The van der Waals surface area contributed by atoms with Crippen molar-refractivity contribution >= 4 is 32.0 Å². The van der Waals surface area contributed by atoms with Gasteiger partial charge in [0.05, 0.1) is 0 Å². The first-order valence-electron chi connectivity index (χ1n) is 4.20. The minimum Gasteiger partial charge on any atom is -0.336 e. The van der Waals surface area contributed by atoms with Gasteiger partial charge in [-0.2, -0.15) is 0 Å². The minimum atomic E-state index is -0.532. The Balaban J connectivity index is 3.40. The van der Waals surface area contributed by atoms with Gasteiger partial charge in [-0.1, -0.05) is 17.2 Å². The molecule has 0 N–H and O–H groups in total. The lowest BCUT2D eigenvalue weighted by Crippen LogP contribution is -2.18. The summed E-state index contributed by atoms with van der Waals surface area (Å²) in [5, 5.41) is 0. The third-order valence-corrected chi connectivity index (χ3v) is 4.81. The summed E-state index contributed by atoms with van der Waals surface area (Å²) in [5.41, 5.74) is 5.57. The summed E-state index contributed by atoms with van der Waals surface area (Å²) in [4.78, 5) is 0. The summed E-state index contributed by atoms with van der Waals surface area (Å²) in [6.07, 6.45) is 0. The maximum absolute atomic E-state index is 6.00. The summed E-state index contributed by atoms with van der Waals surface area (Å²) < 4.78 is 1.43. The second-order valence-corrected chi connectivity index (χ2v) is 5.15. The molecule has 0 aliphatic heterocycles. The van der Waals surface area contributed by atoms with Crippen LogP contribution in [0.4, 0.5) is 0 Å². The summed E-state index contributed by atoms with van der Waals surface area (Å²) in [6.45, 7) is 8.67. The van der Waals surface area contributed by atoms with Gasteiger partial charge in [0.15, 0.2) is 0 Å². The van der Waals surface area contributed by atoms with Crippen LogP contribution in [0.3, 0.4) is 0 Å². The standard InChI is InChI=1S/C10H13.ClH.Mg/c1-7-5-8(2)10(4)9(3)6-7;;/h5H,1-4H3;1H;/q;;+1/p-1. The maximum atomic E-state index is 6.00. The monoisotopic (exact) mass is 192 g/mol. The zero-order chi connectivity index (χ0) is 9.30. The highest BCUT2D eigenvalue weighted by Crippen LogP contribution is 2.12. The Morgan fingerprint density at radius 3 is 2.08 bits per heavy atom. The van der Waals surface area contributed by atoms with E-state index in [1.165, 1.54) is 25.9 Å². The highest BCUT2D eigenvalue weighted by molar-refractivity contribution is 7.01. The molecule has 0 atom stereocenters. The largest absolute Gasteiger partial charge is 0.539 e. The molecule has 2 heteroatoms. The Morgan fingerprint density at radius 2 is 1.58 bits per heavy atom. The van der Waals surface area contributed by atoms with Crippen molar-refractivity contribution in [3.8, 4) is 0 Å². The lowest BCUT2D eigenvalue weighted by Gasteiger charge is -2.13. The summed E-state index contributed by atoms with van der Waals surface area (Å²) in [6, 6.07) is 2.24. The molecule has 12 heavy (non-hydrogen) atoms. The molecule has 0 radical (unpaired) electrons. The zero-order valence-corrected chi connectivity index (χ0v) is 10.3. The average molecular weight is 193 g/mol. The normalized spacial score (nSPS) is 9.75. The molecule has 0 nitrogen and oxygen atoms in total. The van der Waals surface area contributed by atoms with E-state index in [2.05, 4.69) is 33.8 Å². The van der Waals surface area contributed by atoms with Gasteiger partial charge in [0.25, 0.3) is 0 Å². The van der Waals surface area contributed by atoms with Crippen molar-refractivity contribution in [3.05, 3.63) is 28.3 Å². The van der Waals surface area contributed by atoms with Crippen molar-refractivity contribution in [2.75, 3.05) is 0 Å². The Hall–Kier alpha value is 0.276. The number of halogens is 1. The molecular weight excluding hydrogens is 180 g/mol. The van der Waals surface area contributed by atoms with E-state index in [4.69, 9.17) is 9.07 Å². The van der Waals surface area contributed by atoms with E-state index in [-0.39, 0.29) is 0 Å². The van der Waals surface area contributed by atoms with E-state index < -0.39 is 19.3 Å². The van der Waals surface area contributed by atoms with Crippen LogP contribution >= 0.6 is 9.07 Å². The van der Waals surface area contributed by atoms with Crippen molar-refractivity contribution in [1.82, 2.24) is 0 Å². The summed E-state index contributed by atoms with van der Waals surface area (Å²) >= 11 is -0.532. The first-order valence-corrected chi connectivity index (χ1v) is 7.04. The van der Waals surface area contributed by atoms with E-state index in [1.807, 2.05) is 0 Å². The summed E-state index contributed by atoms with van der Waals surface area (Å²) in [5.74, 6) is 0. The number of rotatable bonds is 1. The van der Waals surface area contributed by atoms with Crippen LogP contribution in [0.2, 0.25) is 0 Å². The Labute approximate surface area is 87.8 Å². The van der Waals surface area contributed by atoms with Gasteiger partial charge >= 0.3 is 19.3 Å². The Bertz CT molecular complexity index is 305. The van der Waals surface area contributed by atoms with Crippen molar-refractivity contribution in [3.63, 3.8) is 0 Å². The molecule has 1 aromatic rings. The lowest BCUT2D eigenvalue weighted by atomic mass is 10.0. The van der Waals surface area contributed by atoms with Crippen LogP contribution in [0.5, 0.6) is 0 Å². The second-order valence-electron chi connectivity index (χ2n) is 3.37. The molecule has 0 amide bonds. The predicted octanol–water partition coefficient (Wildman–Crippen LogP) is 2.40. The van der Waals surface area contributed by atoms with Crippen molar-refractivity contribution < 1.29 is 0 Å². The van der Waals surface area contributed by atoms with E-state index in [9.17, 15) is 0 Å². The topological polar surface area (TPSA) is 0 Å². The Morgan fingerprint density at radius 1 is 1.00 bits per heavy atom. The van der Waals surface area contributed by atoms with Crippen LogP contribution in [0.25, 0.3) is 0 Å². The molecule has 0 fully saturated rings. The van der Waals surface area contributed by atoms with Crippen LogP contribution in [-0.4, -0.2) is 19.3 Å². The van der Waals surface area contributed by atoms with E-state index in [0.717, 1.165) is 0 Å². The van der Waals surface area contributed by atoms with Crippen molar-refractivity contribution in [1.29, 1.82) is 0 Å². The molecule has 0 bridgehead atoms. The Kier molecular flexibility index (Phi) is 3.44. The van der Waals surface area contributed by atoms with Crippen LogP contribution in [0, 0.1) is 27.7 Å². The molecular formula is C10H13ClMg. The predicted molar refractivity (Wildman–Crippen MR) is 56.6 cm³/mol. The molecule has 0 heterocycles. The molecule has 0 unspecified atom stereocenters. The number of aryl methyl sites for hydroxylation is 2. The van der Waals surface area contributed by atoms with Gasteiger partial charge in [0.1, 0.15) is 0 Å². The third kappa shape index (κ3) is 1.78. The molecule has 0 aromatic heterocycles. The minimum absolute atomic E-state index is 0.532. The fraction of sp³-hybridized carbons (Fsp3) is 0.400. The molecule has 0 aliphatic rings. The fourth-order valence-electron chi connectivity index (χ4n) is 1.54. The van der Waals surface area contributed by atoms with Crippen LogP contribution in [0.1, 0.15) is 22.3 Å². The van der Waals surface area contributed by atoms with Gasteiger partial charge in [0, 0.05) is 0 Å². The number of hydrogen-bond acceptors (Lipinski definition) is 0. The maximum Gasteiger partial charge on any atom is 0.539 e. The van der Waals surface area contributed by atoms with Gasteiger partial charge in [0.2, 0.25) is 0 Å². The average Bonchev–Trinajstić information content (AvgIpc) is 2.01. The lowest BCUT2D eigenvalue weighted by molar-refractivity contribution is 1.26. The van der Waals surface area contributed by atoms with Crippen LogP contribution < -0.4 is 3.69 Å². The molecule has 62 valence electrons. The van der Waals surface area contributed by atoms with Gasteiger partial charge in [-0.15, -0.1) is 3.69 Å². The van der Waals surface area contributed by atoms with E-state index in [0.29, 0.717) is 0 Å². The van der Waals surface area contributed by atoms with Crippen LogP contribution in [-0.2, 0) is 0 Å².